The van der Waals surface area contributed by atoms with Gasteiger partial charge in [0.25, 0.3) is 0 Å². The summed E-state index contributed by atoms with van der Waals surface area (Å²) >= 11 is 0. The molecule has 2 aliphatic rings. The van der Waals surface area contributed by atoms with Crippen LogP contribution in [0.3, 0.4) is 0 Å². The number of benzene rings is 1. The van der Waals surface area contributed by atoms with E-state index < -0.39 is 0 Å². The molecule has 0 N–H and O–H groups in total. The Morgan fingerprint density at radius 2 is 1.21 bits per heavy atom. The quantitative estimate of drug-likeness (QED) is 0.708. The smallest absolute Gasteiger partial charge is 0.0890 e. The summed E-state index contributed by atoms with van der Waals surface area (Å²) in [6.45, 7) is 9.56. The summed E-state index contributed by atoms with van der Waals surface area (Å²) in [5.41, 5.74) is 5.17. The van der Waals surface area contributed by atoms with Crippen LogP contribution in [0.15, 0.2) is 24.3 Å². The summed E-state index contributed by atoms with van der Waals surface area (Å²) in [6, 6.07) is 8.25. The fraction of sp³-hybridized carbons (Fsp3) is 0.529. The maximum absolute atomic E-state index is 4.99. The van der Waals surface area contributed by atoms with E-state index in [0.29, 0.717) is 0 Å². The minimum atomic E-state index is 0.175. The van der Waals surface area contributed by atoms with Crippen LogP contribution in [0, 0.1) is 5.41 Å². The maximum atomic E-state index is 4.99. The molecular formula is C17H20N2. The molecule has 2 aliphatic carbocycles. The van der Waals surface area contributed by atoms with E-state index >= 15 is 0 Å². The third-order valence-electron chi connectivity index (χ3n) is 6.50. The Balaban J connectivity index is 2.13. The summed E-state index contributed by atoms with van der Waals surface area (Å²) in [7, 11) is 0. The monoisotopic (exact) mass is 252 g/mol. The van der Waals surface area contributed by atoms with Gasteiger partial charge >= 0.3 is 0 Å². The van der Waals surface area contributed by atoms with Crippen molar-refractivity contribution >= 4 is 11.0 Å². The standard InChI is InChI=1S/C17H20N2/c1-15(2)16(3)9-10-17(15,4)14-13(16)18-11-7-5-6-8-12(11)19-14/h5-8H,9-10H2,1-4H3/t16-,17+. The molecule has 0 spiro atoms. The molecule has 1 saturated carbocycles. The molecule has 0 radical (unpaired) electrons. The second-order valence-corrected chi connectivity index (χ2v) is 7.20. The maximum Gasteiger partial charge on any atom is 0.0890 e. The largest absolute Gasteiger partial charge is 0.249 e. The second-order valence-electron chi connectivity index (χ2n) is 7.20. The average Bonchev–Trinajstić information content (AvgIpc) is 2.65. The van der Waals surface area contributed by atoms with E-state index in [1.165, 1.54) is 24.2 Å². The molecule has 1 fully saturated rings. The van der Waals surface area contributed by atoms with Gasteiger partial charge in [-0.25, -0.2) is 9.97 Å². The van der Waals surface area contributed by atoms with Crippen LogP contribution in [0.1, 0.15) is 51.9 Å². The molecular weight excluding hydrogens is 232 g/mol. The topological polar surface area (TPSA) is 25.8 Å². The third kappa shape index (κ3) is 1.02. The van der Waals surface area contributed by atoms with Gasteiger partial charge in [0.2, 0.25) is 0 Å². The van der Waals surface area contributed by atoms with Crippen molar-refractivity contribution in [3.05, 3.63) is 35.7 Å². The van der Waals surface area contributed by atoms with Gasteiger partial charge in [-0.1, -0.05) is 39.8 Å². The lowest BCUT2D eigenvalue weighted by molar-refractivity contribution is 0.168. The summed E-state index contributed by atoms with van der Waals surface area (Å²) in [5, 5.41) is 0. The molecule has 0 aliphatic heterocycles. The number of nitrogens with zero attached hydrogens (tertiary/aromatic N) is 2. The molecule has 4 rings (SSSR count). The average molecular weight is 252 g/mol. The molecule has 2 atom stereocenters. The van der Waals surface area contributed by atoms with Crippen LogP contribution in [0.2, 0.25) is 0 Å². The molecule has 0 amide bonds. The predicted molar refractivity (Wildman–Crippen MR) is 77.3 cm³/mol. The van der Waals surface area contributed by atoms with Crippen molar-refractivity contribution in [3.63, 3.8) is 0 Å². The van der Waals surface area contributed by atoms with Crippen LogP contribution in [0.4, 0.5) is 0 Å². The Morgan fingerprint density at radius 1 is 0.789 bits per heavy atom. The first-order valence-corrected chi connectivity index (χ1v) is 7.18. The number of rotatable bonds is 0. The van der Waals surface area contributed by atoms with Gasteiger partial charge in [-0.3, -0.25) is 0 Å². The SMILES string of the molecule is CC1(C)[C@@]2(C)CC[C@]1(C)c1nc3ccccc3nc12. The van der Waals surface area contributed by atoms with Crippen molar-refractivity contribution in [1.29, 1.82) is 0 Å². The Kier molecular flexibility index (Phi) is 1.80. The molecule has 1 heterocycles. The number of hydrogen-bond donors (Lipinski definition) is 0. The molecule has 19 heavy (non-hydrogen) atoms. The molecule has 0 saturated heterocycles. The van der Waals surface area contributed by atoms with Crippen LogP contribution in [-0.2, 0) is 10.8 Å². The first-order chi connectivity index (χ1) is 8.90. The van der Waals surface area contributed by atoms with Crippen molar-refractivity contribution in [2.75, 3.05) is 0 Å². The third-order valence-corrected chi connectivity index (χ3v) is 6.50. The summed E-state index contributed by atoms with van der Waals surface area (Å²) in [5.74, 6) is 0. The van der Waals surface area contributed by atoms with Crippen LogP contribution < -0.4 is 0 Å². The van der Waals surface area contributed by atoms with Gasteiger partial charge in [0, 0.05) is 10.8 Å². The van der Waals surface area contributed by atoms with Crippen LogP contribution in [0.5, 0.6) is 0 Å². The summed E-state index contributed by atoms with van der Waals surface area (Å²) in [6.07, 6.45) is 2.47. The predicted octanol–water partition coefficient (Wildman–Crippen LogP) is 3.98. The van der Waals surface area contributed by atoms with Crippen molar-refractivity contribution in [1.82, 2.24) is 9.97 Å². The van der Waals surface area contributed by atoms with Crippen molar-refractivity contribution in [3.8, 4) is 0 Å². The second kappa shape index (κ2) is 3.00. The first-order valence-electron chi connectivity index (χ1n) is 7.18. The van der Waals surface area contributed by atoms with Crippen molar-refractivity contribution in [2.45, 2.75) is 51.4 Å². The molecule has 1 aromatic heterocycles. The van der Waals surface area contributed by atoms with E-state index in [1.807, 2.05) is 12.1 Å². The lowest BCUT2D eigenvalue weighted by atomic mass is 9.65. The van der Waals surface area contributed by atoms with Crippen LogP contribution in [0.25, 0.3) is 11.0 Å². The van der Waals surface area contributed by atoms with Gasteiger partial charge in [0.05, 0.1) is 22.4 Å². The highest BCUT2D eigenvalue weighted by atomic mass is 14.9. The fourth-order valence-corrected chi connectivity index (χ4v) is 4.33. The molecule has 2 bridgehead atoms. The molecule has 2 heteroatoms. The van der Waals surface area contributed by atoms with E-state index in [-0.39, 0.29) is 16.2 Å². The van der Waals surface area contributed by atoms with E-state index in [9.17, 15) is 0 Å². The Labute approximate surface area is 114 Å². The zero-order valence-corrected chi connectivity index (χ0v) is 12.1. The van der Waals surface area contributed by atoms with Gasteiger partial charge in [-0.2, -0.15) is 0 Å². The van der Waals surface area contributed by atoms with Crippen LogP contribution >= 0.6 is 0 Å². The summed E-state index contributed by atoms with van der Waals surface area (Å²) in [4.78, 5) is 9.98. The van der Waals surface area contributed by atoms with E-state index in [1.54, 1.807) is 0 Å². The molecule has 1 aromatic carbocycles. The highest BCUT2D eigenvalue weighted by molar-refractivity contribution is 5.75. The van der Waals surface area contributed by atoms with E-state index in [4.69, 9.17) is 9.97 Å². The first kappa shape index (κ1) is 11.4. The number of para-hydroxylation sites is 2. The van der Waals surface area contributed by atoms with E-state index in [2.05, 4.69) is 39.8 Å². The highest BCUT2D eigenvalue weighted by Gasteiger charge is 2.67. The fourth-order valence-electron chi connectivity index (χ4n) is 4.33. The number of fused-ring (bicyclic) bond motifs is 6. The number of hydrogen-bond acceptors (Lipinski definition) is 2. The Bertz CT molecular complexity index is 645. The normalized spacial score (nSPS) is 34.7. The lowest BCUT2D eigenvalue weighted by Crippen LogP contribution is -2.38. The molecule has 2 nitrogen and oxygen atoms in total. The number of aromatic nitrogens is 2. The van der Waals surface area contributed by atoms with E-state index in [0.717, 1.165) is 11.0 Å². The lowest BCUT2D eigenvalue weighted by Gasteiger charge is -2.38. The van der Waals surface area contributed by atoms with Gasteiger partial charge in [-0.15, -0.1) is 0 Å². The van der Waals surface area contributed by atoms with Gasteiger partial charge in [0.1, 0.15) is 0 Å². The highest BCUT2D eigenvalue weighted by Crippen LogP contribution is 2.69. The zero-order chi connectivity index (χ0) is 13.5. The minimum absolute atomic E-state index is 0.175. The Morgan fingerprint density at radius 3 is 1.63 bits per heavy atom. The minimum Gasteiger partial charge on any atom is -0.249 e. The van der Waals surface area contributed by atoms with Gasteiger partial charge < -0.3 is 0 Å². The van der Waals surface area contributed by atoms with Gasteiger partial charge in [0.15, 0.2) is 0 Å². The summed E-state index contributed by atoms with van der Waals surface area (Å²) < 4.78 is 0. The van der Waals surface area contributed by atoms with Crippen molar-refractivity contribution in [2.24, 2.45) is 5.41 Å². The van der Waals surface area contributed by atoms with Gasteiger partial charge in [-0.05, 0) is 30.4 Å². The van der Waals surface area contributed by atoms with Crippen LogP contribution in [-0.4, -0.2) is 9.97 Å². The zero-order valence-electron chi connectivity index (χ0n) is 12.1. The molecule has 0 unspecified atom stereocenters. The van der Waals surface area contributed by atoms with Crippen molar-refractivity contribution < 1.29 is 0 Å². The molecule has 98 valence electrons. The Hall–Kier alpha value is -1.44. The molecule has 2 aromatic rings.